The van der Waals surface area contributed by atoms with E-state index in [1.807, 2.05) is 12.1 Å². The number of aromatic nitrogens is 4. The number of amides is 1. The Labute approximate surface area is 239 Å². The first-order chi connectivity index (χ1) is 19.6. The number of anilines is 1. The van der Waals surface area contributed by atoms with Crippen LogP contribution < -0.4 is 10.2 Å². The summed E-state index contributed by atoms with van der Waals surface area (Å²) in [4.78, 5) is 40.4. The Kier molecular flexibility index (Phi) is 9.49. The van der Waals surface area contributed by atoms with Gasteiger partial charge in [0, 0.05) is 44.2 Å². The van der Waals surface area contributed by atoms with E-state index >= 15 is 0 Å². The van der Waals surface area contributed by atoms with E-state index in [1.54, 1.807) is 6.33 Å². The zero-order valence-corrected chi connectivity index (χ0v) is 23.6. The van der Waals surface area contributed by atoms with Gasteiger partial charge < -0.3 is 19.9 Å². The SMILES string of the molecule is O=C(NCC1CCN(Cc2ccc(Cl)cc2)CC1)C1CCCN(c2ncnc3c2nc2n3CCCC2)C1.O=CO. The number of hydrogen-bond acceptors (Lipinski definition) is 7. The number of aryl methyl sites for hydroxylation is 2. The number of hydrogen-bond donors (Lipinski definition) is 2. The summed E-state index contributed by atoms with van der Waals surface area (Å²) in [5.74, 6) is 2.72. The molecule has 1 unspecified atom stereocenters. The second-order valence-corrected chi connectivity index (χ2v) is 11.4. The summed E-state index contributed by atoms with van der Waals surface area (Å²) in [5, 5.41) is 11.0. The molecule has 0 saturated carbocycles. The van der Waals surface area contributed by atoms with Crippen LogP contribution in [0.3, 0.4) is 0 Å². The van der Waals surface area contributed by atoms with Gasteiger partial charge in [0.1, 0.15) is 12.2 Å². The Balaban J connectivity index is 0.00000103. The molecule has 2 fully saturated rings. The van der Waals surface area contributed by atoms with E-state index in [9.17, 15) is 4.79 Å². The van der Waals surface area contributed by atoms with Gasteiger partial charge in [-0.3, -0.25) is 14.5 Å². The molecule has 5 heterocycles. The van der Waals surface area contributed by atoms with Crippen LogP contribution in [0.1, 0.15) is 49.9 Å². The fourth-order valence-electron chi connectivity index (χ4n) is 6.15. The molecule has 0 radical (unpaired) electrons. The van der Waals surface area contributed by atoms with Crippen molar-refractivity contribution in [2.75, 3.05) is 37.6 Å². The van der Waals surface area contributed by atoms with Crippen LogP contribution in [0.4, 0.5) is 5.82 Å². The molecule has 1 amide bonds. The van der Waals surface area contributed by atoms with Crippen LogP contribution >= 0.6 is 11.6 Å². The highest BCUT2D eigenvalue weighted by atomic mass is 35.5. The third-order valence-electron chi connectivity index (χ3n) is 8.31. The summed E-state index contributed by atoms with van der Waals surface area (Å²) in [6, 6.07) is 8.13. The fraction of sp³-hybridized carbons (Fsp3) is 0.552. The van der Waals surface area contributed by atoms with Crippen LogP contribution in [-0.4, -0.2) is 74.6 Å². The number of nitrogens with one attached hydrogen (secondary N) is 1. The zero-order chi connectivity index (χ0) is 27.9. The highest BCUT2D eigenvalue weighted by Gasteiger charge is 2.30. The molecule has 0 bridgehead atoms. The Hall–Kier alpha value is -3.24. The summed E-state index contributed by atoms with van der Waals surface area (Å²) < 4.78 is 2.25. The number of carbonyl (C=O) groups is 2. The molecule has 0 aliphatic carbocycles. The van der Waals surface area contributed by atoms with Gasteiger partial charge in [0.05, 0.1) is 5.92 Å². The molecule has 2 saturated heterocycles. The highest BCUT2D eigenvalue weighted by Crippen LogP contribution is 2.30. The monoisotopic (exact) mass is 567 g/mol. The average Bonchev–Trinajstić information content (AvgIpc) is 3.37. The standard InChI is InChI=1S/C28H36ClN7O.CH2O2/c29-23-8-6-21(7-9-23)17-34-14-10-20(11-15-34)16-30-28(37)22-4-3-12-35(18-22)26-25-27(32-19-31-26)36-13-2-1-5-24(36)33-25;2-1-3/h6-9,19-20,22H,1-5,10-18H2,(H,30,37);1H,(H,2,3). The molecule has 2 aromatic heterocycles. The largest absolute Gasteiger partial charge is 0.483 e. The molecule has 1 atom stereocenters. The van der Waals surface area contributed by atoms with E-state index in [4.69, 9.17) is 26.5 Å². The minimum atomic E-state index is -0.250. The summed E-state index contributed by atoms with van der Waals surface area (Å²) in [6.07, 6.45) is 9.16. The average molecular weight is 568 g/mol. The number of rotatable bonds is 6. The third-order valence-corrected chi connectivity index (χ3v) is 8.56. The molecule has 0 spiro atoms. The van der Waals surface area contributed by atoms with E-state index in [-0.39, 0.29) is 18.3 Å². The van der Waals surface area contributed by atoms with Crippen LogP contribution in [0.25, 0.3) is 11.2 Å². The number of halogens is 1. The Morgan fingerprint density at radius 3 is 2.60 bits per heavy atom. The maximum Gasteiger partial charge on any atom is 0.290 e. The van der Waals surface area contributed by atoms with Gasteiger partial charge in [-0.05, 0) is 75.2 Å². The molecule has 11 heteroatoms. The molecule has 3 aliphatic heterocycles. The lowest BCUT2D eigenvalue weighted by atomic mass is 9.94. The van der Waals surface area contributed by atoms with Crippen molar-refractivity contribution in [2.24, 2.45) is 11.8 Å². The normalized spacial score (nSPS) is 19.9. The lowest BCUT2D eigenvalue weighted by Gasteiger charge is -2.34. The first-order valence-corrected chi connectivity index (χ1v) is 14.7. The molecule has 214 valence electrons. The van der Waals surface area contributed by atoms with Gasteiger partial charge in [-0.25, -0.2) is 15.0 Å². The van der Waals surface area contributed by atoms with Crippen molar-refractivity contribution in [1.29, 1.82) is 0 Å². The summed E-state index contributed by atoms with van der Waals surface area (Å²) >= 11 is 6.01. The second kappa shape index (κ2) is 13.4. The van der Waals surface area contributed by atoms with Crippen molar-refractivity contribution >= 4 is 41.0 Å². The van der Waals surface area contributed by atoms with Crippen LogP contribution in [-0.2, 0) is 29.1 Å². The van der Waals surface area contributed by atoms with Crippen LogP contribution in [0.5, 0.6) is 0 Å². The van der Waals surface area contributed by atoms with Crippen molar-refractivity contribution in [3.05, 3.63) is 47.0 Å². The topological polar surface area (TPSA) is 116 Å². The van der Waals surface area contributed by atoms with E-state index < -0.39 is 0 Å². The van der Waals surface area contributed by atoms with Gasteiger partial charge in [-0.15, -0.1) is 0 Å². The molecule has 40 heavy (non-hydrogen) atoms. The molecule has 1 aromatic carbocycles. The number of imidazole rings is 1. The van der Waals surface area contributed by atoms with Gasteiger partial charge in [0.2, 0.25) is 5.91 Å². The van der Waals surface area contributed by atoms with E-state index in [1.165, 1.54) is 18.4 Å². The molecular formula is C29H38ClN7O3. The highest BCUT2D eigenvalue weighted by molar-refractivity contribution is 6.30. The number of benzene rings is 1. The van der Waals surface area contributed by atoms with Gasteiger partial charge in [0.25, 0.3) is 6.47 Å². The van der Waals surface area contributed by atoms with Crippen molar-refractivity contribution in [3.63, 3.8) is 0 Å². The van der Waals surface area contributed by atoms with E-state index in [2.05, 4.69) is 41.8 Å². The van der Waals surface area contributed by atoms with Crippen LogP contribution in [0, 0.1) is 11.8 Å². The quantitative estimate of drug-likeness (QED) is 0.433. The van der Waals surface area contributed by atoms with E-state index in [0.717, 1.165) is 99.2 Å². The number of likely N-dealkylation sites (tertiary alicyclic amines) is 1. The molecule has 3 aromatic rings. The van der Waals surface area contributed by atoms with Gasteiger partial charge in [0.15, 0.2) is 17.0 Å². The number of carboxylic acid groups (broad SMARTS) is 1. The van der Waals surface area contributed by atoms with Gasteiger partial charge in [-0.2, -0.15) is 0 Å². The van der Waals surface area contributed by atoms with Crippen LogP contribution in [0.15, 0.2) is 30.6 Å². The molecule has 3 aliphatic rings. The first-order valence-electron chi connectivity index (χ1n) is 14.3. The minimum Gasteiger partial charge on any atom is -0.483 e. The smallest absolute Gasteiger partial charge is 0.290 e. The second-order valence-electron chi connectivity index (χ2n) is 11.0. The van der Waals surface area contributed by atoms with Crippen molar-refractivity contribution in [1.82, 2.24) is 29.7 Å². The molecule has 2 N–H and O–H groups in total. The van der Waals surface area contributed by atoms with Gasteiger partial charge >= 0.3 is 0 Å². The van der Waals surface area contributed by atoms with Gasteiger partial charge in [-0.1, -0.05) is 23.7 Å². The first kappa shape index (κ1) is 28.3. The van der Waals surface area contributed by atoms with E-state index in [0.29, 0.717) is 12.5 Å². The number of carbonyl (C=O) groups excluding carboxylic acids is 1. The number of fused-ring (bicyclic) bond motifs is 3. The Bertz CT molecular complexity index is 1290. The maximum absolute atomic E-state index is 13.2. The lowest BCUT2D eigenvalue weighted by Crippen LogP contribution is -2.45. The number of piperidine rings is 2. The fourth-order valence-corrected chi connectivity index (χ4v) is 6.28. The Morgan fingerprint density at radius 1 is 1.05 bits per heavy atom. The Morgan fingerprint density at radius 2 is 1.82 bits per heavy atom. The predicted octanol–water partition coefficient (Wildman–Crippen LogP) is 3.76. The predicted molar refractivity (Wildman–Crippen MR) is 154 cm³/mol. The summed E-state index contributed by atoms with van der Waals surface area (Å²) in [6.45, 7) is 6.20. The van der Waals surface area contributed by atoms with Crippen LogP contribution in [0.2, 0.25) is 5.02 Å². The maximum atomic E-state index is 13.2. The van der Waals surface area contributed by atoms with Crippen molar-refractivity contribution in [3.8, 4) is 0 Å². The zero-order valence-electron chi connectivity index (χ0n) is 22.8. The molecule has 6 rings (SSSR count). The lowest BCUT2D eigenvalue weighted by molar-refractivity contribution is -0.125. The molecular weight excluding hydrogens is 530 g/mol. The summed E-state index contributed by atoms with van der Waals surface area (Å²) in [7, 11) is 0. The molecule has 10 nitrogen and oxygen atoms in total. The third kappa shape index (κ3) is 6.72. The minimum absolute atomic E-state index is 0.0130. The number of nitrogens with zero attached hydrogens (tertiary/aromatic N) is 6. The van der Waals surface area contributed by atoms with Crippen molar-refractivity contribution < 1.29 is 14.7 Å². The van der Waals surface area contributed by atoms with Crippen molar-refractivity contribution in [2.45, 2.75) is 58.0 Å². The summed E-state index contributed by atoms with van der Waals surface area (Å²) in [5.41, 5.74) is 3.13.